The van der Waals surface area contributed by atoms with Crippen LogP contribution in [0.3, 0.4) is 0 Å². The third-order valence-electron chi connectivity index (χ3n) is 1.64. The van der Waals surface area contributed by atoms with E-state index in [0.717, 1.165) is 24.5 Å². The predicted octanol–water partition coefficient (Wildman–Crippen LogP) is 3.42. The number of ether oxygens (including phenoxy) is 1. The molecule has 0 N–H and O–H groups in total. The second-order valence-electron chi connectivity index (χ2n) is 2.70. The number of benzene rings is 1. The van der Waals surface area contributed by atoms with Crippen molar-refractivity contribution in [1.29, 1.82) is 0 Å². The first-order valence-corrected chi connectivity index (χ1v) is 6.41. The fraction of sp³-hybridized carbons (Fsp3) is 0.400. The Morgan fingerprint density at radius 3 is 2.62 bits per heavy atom. The van der Waals surface area contributed by atoms with Gasteiger partial charge in [-0.1, -0.05) is 29.0 Å². The van der Waals surface area contributed by atoms with Gasteiger partial charge < -0.3 is 4.74 Å². The van der Waals surface area contributed by atoms with Gasteiger partial charge in [0.25, 0.3) is 0 Å². The Hall–Kier alpha value is -0.280. The maximum Gasteiger partial charge on any atom is 0.119 e. The molecule has 0 aliphatic rings. The molecule has 0 spiro atoms. The summed E-state index contributed by atoms with van der Waals surface area (Å²) in [4.78, 5) is 0. The van der Waals surface area contributed by atoms with Crippen molar-refractivity contribution < 1.29 is 4.74 Å². The summed E-state index contributed by atoms with van der Waals surface area (Å²) >= 11 is 4.07. The summed E-state index contributed by atoms with van der Waals surface area (Å²) in [5, 5.41) is 0. The number of thiol groups is 1. The Morgan fingerprint density at radius 2 is 1.92 bits per heavy atom. The molecule has 13 heavy (non-hydrogen) atoms. The molecule has 0 aliphatic heterocycles. The lowest BCUT2D eigenvalue weighted by Gasteiger charge is -2.04. The van der Waals surface area contributed by atoms with Crippen molar-refractivity contribution in [2.75, 3.05) is 12.4 Å². The average Bonchev–Trinajstić information content (AvgIpc) is 2.19. The fourth-order valence-corrected chi connectivity index (χ4v) is 1.70. The van der Waals surface area contributed by atoms with E-state index >= 15 is 0 Å². The molecule has 0 radical (unpaired) electrons. The number of hydrogen-bond donors (Lipinski definition) is 1. The summed E-state index contributed by atoms with van der Waals surface area (Å²) in [5.74, 6) is 2.06. The minimum absolute atomic E-state index is 0.804. The molecule has 3 heteroatoms. The second kappa shape index (κ2) is 7.15. The highest BCUT2D eigenvalue weighted by molar-refractivity contribution is 8.68. The van der Waals surface area contributed by atoms with E-state index in [1.165, 1.54) is 6.42 Å². The molecule has 0 aliphatic carbocycles. The van der Waals surface area contributed by atoms with Gasteiger partial charge in [-0.05, 0) is 25.0 Å². The summed E-state index contributed by atoms with van der Waals surface area (Å²) in [5.41, 5.74) is 0. The molecule has 0 aromatic heterocycles. The summed E-state index contributed by atoms with van der Waals surface area (Å²) in [6.07, 6.45) is 2.27. The third kappa shape index (κ3) is 5.11. The quantitative estimate of drug-likeness (QED) is 0.441. The van der Waals surface area contributed by atoms with Crippen molar-refractivity contribution in [3.63, 3.8) is 0 Å². The van der Waals surface area contributed by atoms with Crippen LogP contribution in [0.25, 0.3) is 0 Å². The Bertz CT molecular complexity index is 213. The smallest absolute Gasteiger partial charge is 0.119 e. The molecule has 0 fully saturated rings. The minimum atomic E-state index is 0.804. The van der Waals surface area contributed by atoms with E-state index in [0.29, 0.717) is 0 Å². The third-order valence-corrected chi connectivity index (χ3v) is 2.66. The van der Waals surface area contributed by atoms with Gasteiger partial charge in [-0.2, -0.15) is 0 Å². The van der Waals surface area contributed by atoms with Crippen molar-refractivity contribution in [2.24, 2.45) is 0 Å². The van der Waals surface area contributed by atoms with Crippen LogP contribution in [0.5, 0.6) is 5.75 Å². The molecule has 0 amide bonds. The zero-order valence-electron chi connectivity index (χ0n) is 7.48. The molecule has 1 rings (SSSR count). The van der Waals surface area contributed by atoms with Gasteiger partial charge in [-0.3, -0.25) is 0 Å². The summed E-state index contributed by atoms with van der Waals surface area (Å²) < 4.78 is 5.52. The van der Waals surface area contributed by atoms with Gasteiger partial charge >= 0.3 is 0 Å². The molecule has 0 saturated carbocycles. The normalized spacial score (nSPS) is 9.92. The summed E-state index contributed by atoms with van der Waals surface area (Å²) in [7, 11) is 1.59. The largest absolute Gasteiger partial charge is 0.494 e. The topological polar surface area (TPSA) is 9.23 Å². The van der Waals surface area contributed by atoms with Crippen molar-refractivity contribution in [2.45, 2.75) is 12.8 Å². The predicted molar refractivity (Wildman–Crippen MR) is 62.6 cm³/mol. The van der Waals surface area contributed by atoms with Crippen LogP contribution in [-0.4, -0.2) is 12.4 Å². The van der Waals surface area contributed by atoms with Gasteiger partial charge in [0.2, 0.25) is 0 Å². The SMILES string of the molecule is SSCCCCOc1ccccc1. The fourth-order valence-electron chi connectivity index (χ4n) is 0.975. The Labute approximate surface area is 88.7 Å². The van der Waals surface area contributed by atoms with Gasteiger partial charge in [0.1, 0.15) is 5.75 Å². The van der Waals surface area contributed by atoms with Gasteiger partial charge in [-0.25, -0.2) is 0 Å². The Morgan fingerprint density at radius 1 is 1.15 bits per heavy atom. The molecule has 1 nitrogen and oxygen atoms in total. The molecule has 1 aromatic rings. The lowest BCUT2D eigenvalue weighted by molar-refractivity contribution is 0.310. The molecular formula is C10H14OS2. The highest BCUT2D eigenvalue weighted by Gasteiger charge is 1.91. The van der Waals surface area contributed by atoms with E-state index in [2.05, 4.69) is 11.7 Å². The van der Waals surface area contributed by atoms with Gasteiger partial charge in [0.15, 0.2) is 0 Å². The maximum absolute atomic E-state index is 5.52. The molecule has 0 atom stereocenters. The molecule has 0 saturated heterocycles. The van der Waals surface area contributed by atoms with Crippen LogP contribution in [0.4, 0.5) is 0 Å². The highest BCUT2D eigenvalue weighted by Crippen LogP contribution is 2.11. The first-order chi connectivity index (χ1) is 6.43. The van der Waals surface area contributed by atoms with E-state index in [4.69, 9.17) is 4.74 Å². The van der Waals surface area contributed by atoms with Gasteiger partial charge in [0, 0.05) is 5.75 Å². The molecule has 72 valence electrons. The molecule has 0 heterocycles. The van der Waals surface area contributed by atoms with Gasteiger partial charge in [-0.15, -0.1) is 11.7 Å². The van der Waals surface area contributed by atoms with E-state index in [1.807, 2.05) is 30.3 Å². The number of unbranched alkanes of at least 4 members (excludes halogenated alkanes) is 1. The van der Waals surface area contributed by atoms with E-state index in [-0.39, 0.29) is 0 Å². The Kier molecular flexibility index (Phi) is 5.94. The van der Waals surface area contributed by atoms with Crippen LogP contribution >= 0.6 is 22.5 Å². The van der Waals surface area contributed by atoms with Crippen LogP contribution in [0.15, 0.2) is 30.3 Å². The highest BCUT2D eigenvalue weighted by atomic mass is 33.1. The second-order valence-corrected chi connectivity index (χ2v) is 4.14. The zero-order valence-corrected chi connectivity index (χ0v) is 9.19. The average molecular weight is 214 g/mol. The maximum atomic E-state index is 5.52. The van der Waals surface area contributed by atoms with Gasteiger partial charge in [0.05, 0.1) is 6.61 Å². The standard InChI is InChI=1S/C10H14OS2/c12-13-9-5-4-8-11-10-6-2-1-3-7-10/h1-3,6-7,12H,4-5,8-9H2. The van der Waals surface area contributed by atoms with E-state index in [1.54, 1.807) is 10.8 Å². The van der Waals surface area contributed by atoms with Crippen LogP contribution in [0.1, 0.15) is 12.8 Å². The van der Waals surface area contributed by atoms with Crippen molar-refractivity contribution in [3.05, 3.63) is 30.3 Å². The van der Waals surface area contributed by atoms with Crippen LogP contribution in [-0.2, 0) is 0 Å². The lowest BCUT2D eigenvalue weighted by atomic mass is 10.3. The van der Waals surface area contributed by atoms with E-state index < -0.39 is 0 Å². The molecule has 0 bridgehead atoms. The number of hydrogen-bond acceptors (Lipinski definition) is 3. The van der Waals surface area contributed by atoms with E-state index in [9.17, 15) is 0 Å². The molecule has 1 aromatic carbocycles. The first kappa shape index (κ1) is 10.8. The molecule has 0 unspecified atom stereocenters. The summed E-state index contributed by atoms with van der Waals surface area (Å²) in [6, 6.07) is 9.92. The number of para-hydroxylation sites is 1. The molecular weight excluding hydrogens is 200 g/mol. The van der Waals surface area contributed by atoms with Crippen molar-refractivity contribution >= 4 is 22.5 Å². The van der Waals surface area contributed by atoms with Crippen molar-refractivity contribution in [3.8, 4) is 5.75 Å². The van der Waals surface area contributed by atoms with Crippen LogP contribution in [0.2, 0.25) is 0 Å². The zero-order chi connectivity index (χ0) is 9.36. The number of rotatable bonds is 6. The lowest BCUT2D eigenvalue weighted by Crippen LogP contribution is -1.97. The van der Waals surface area contributed by atoms with Crippen molar-refractivity contribution in [1.82, 2.24) is 0 Å². The van der Waals surface area contributed by atoms with Crippen LogP contribution < -0.4 is 4.74 Å². The monoisotopic (exact) mass is 214 g/mol. The first-order valence-electron chi connectivity index (χ1n) is 4.37. The minimum Gasteiger partial charge on any atom is -0.494 e. The summed E-state index contributed by atoms with van der Waals surface area (Å²) in [6.45, 7) is 0.804. The Balaban J connectivity index is 2.07. The van der Waals surface area contributed by atoms with Crippen LogP contribution in [0, 0.1) is 0 Å².